The average molecular weight is 252 g/mol. The second-order valence-electron chi connectivity index (χ2n) is 4.26. The lowest BCUT2D eigenvalue weighted by Gasteiger charge is -2.22. The molecule has 1 saturated heterocycles. The van der Waals surface area contributed by atoms with E-state index in [0.29, 0.717) is 12.4 Å². The molecule has 7 heteroatoms. The third-order valence-corrected chi connectivity index (χ3v) is 2.83. The molecular weight excluding hydrogens is 236 g/mol. The van der Waals surface area contributed by atoms with E-state index in [1.165, 1.54) is 12.1 Å². The summed E-state index contributed by atoms with van der Waals surface area (Å²) in [6.45, 7) is 1.37. The van der Waals surface area contributed by atoms with E-state index in [4.69, 9.17) is 10.5 Å². The van der Waals surface area contributed by atoms with Crippen molar-refractivity contribution in [2.45, 2.75) is 25.4 Å². The zero-order chi connectivity index (χ0) is 13.0. The van der Waals surface area contributed by atoms with Crippen molar-refractivity contribution in [3.63, 3.8) is 0 Å². The van der Waals surface area contributed by atoms with Gasteiger partial charge in [-0.2, -0.15) is 0 Å². The van der Waals surface area contributed by atoms with Gasteiger partial charge in [-0.1, -0.05) is 0 Å². The van der Waals surface area contributed by atoms with E-state index in [1.807, 2.05) is 0 Å². The first-order chi connectivity index (χ1) is 8.65. The average Bonchev–Trinajstić information content (AvgIpc) is 2.37. The number of anilines is 2. The summed E-state index contributed by atoms with van der Waals surface area (Å²) in [7, 11) is 0. The SMILES string of the molecule is Nc1cc([N+](=O)[O-])cc(NCC2CCCCO2)n1. The number of rotatable bonds is 4. The summed E-state index contributed by atoms with van der Waals surface area (Å²) < 4.78 is 5.55. The Hall–Kier alpha value is -1.89. The van der Waals surface area contributed by atoms with Crippen LogP contribution in [0.2, 0.25) is 0 Å². The Balaban J connectivity index is 1.97. The normalized spacial score (nSPS) is 19.4. The molecule has 7 nitrogen and oxygen atoms in total. The van der Waals surface area contributed by atoms with Crippen LogP contribution in [-0.4, -0.2) is 29.2 Å². The van der Waals surface area contributed by atoms with E-state index in [9.17, 15) is 10.1 Å². The Kier molecular flexibility index (Phi) is 3.93. The van der Waals surface area contributed by atoms with Crippen molar-refractivity contribution in [2.75, 3.05) is 24.2 Å². The van der Waals surface area contributed by atoms with Gasteiger partial charge in [-0.25, -0.2) is 4.98 Å². The molecule has 98 valence electrons. The summed E-state index contributed by atoms with van der Waals surface area (Å²) >= 11 is 0. The van der Waals surface area contributed by atoms with Crippen LogP contribution in [-0.2, 0) is 4.74 Å². The Morgan fingerprint density at radius 1 is 1.56 bits per heavy atom. The Labute approximate surface area is 104 Å². The fraction of sp³-hybridized carbons (Fsp3) is 0.545. The lowest BCUT2D eigenvalue weighted by atomic mass is 10.1. The first kappa shape index (κ1) is 12.6. The number of hydrogen-bond acceptors (Lipinski definition) is 6. The predicted molar refractivity (Wildman–Crippen MR) is 67.4 cm³/mol. The van der Waals surface area contributed by atoms with Crippen molar-refractivity contribution in [2.24, 2.45) is 0 Å². The standard InChI is InChI=1S/C11H16N4O3/c12-10-5-8(15(16)17)6-11(14-10)13-7-9-3-1-2-4-18-9/h5-6,9H,1-4,7H2,(H3,12,13,14). The number of nitro groups is 1. The van der Waals surface area contributed by atoms with Gasteiger partial charge in [-0.3, -0.25) is 10.1 Å². The number of ether oxygens (including phenoxy) is 1. The maximum Gasteiger partial charge on any atom is 0.276 e. The highest BCUT2D eigenvalue weighted by Gasteiger charge is 2.15. The predicted octanol–water partition coefficient (Wildman–Crippen LogP) is 1.55. The summed E-state index contributed by atoms with van der Waals surface area (Å²) in [4.78, 5) is 14.2. The van der Waals surface area contributed by atoms with Crippen LogP contribution in [0.5, 0.6) is 0 Å². The molecule has 0 bridgehead atoms. The van der Waals surface area contributed by atoms with E-state index in [1.54, 1.807) is 0 Å². The van der Waals surface area contributed by atoms with Crippen molar-refractivity contribution >= 4 is 17.3 Å². The summed E-state index contributed by atoms with van der Waals surface area (Å²) in [5.74, 6) is 0.548. The molecule has 1 fully saturated rings. The molecule has 0 amide bonds. The molecule has 1 atom stereocenters. The van der Waals surface area contributed by atoms with Crippen molar-refractivity contribution < 1.29 is 9.66 Å². The molecule has 1 aromatic heterocycles. The number of nitrogen functional groups attached to an aromatic ring is 1. The van der Waals surface area contributed by atoms with Crippen LogP contribution in [0.3, 0.4) is 0 Å². The molecule has 1 aliphatic rings. The minimum atomic E-state index is -0.486. The maximum absolute atomic E-state index is 10.7. The van der Waals surface area contributed by atoms with Gasteiger partial charge in [-0.05, 0) is 19.3 Å². The molecule has 3 N–H and O–H groups in total. The summed E-state index contributed by atoms with van der Waals surface area (Å²) in [5.41, 5.74) is 5.46. The third-order valence-electron chi connectivity index (χ3n) is 2.83. The monoisotopic (exact) mass is 252 g/mol. The second kappa shape index (κ2) is 5.63. The van der Waals surface area contributed by atoms with Crippen LogP contribution in [0.4, 0.5) is 17.3 Å². The van der Waals surface area contributed by atoms with Gasteiger partial charge < -0.3 is 15.8 Å². The van der Waals surface area contributed by atoms with E-state index >= 15 is 0 Å². The number of nitrogens with two attached hydrogens (primary N) is 1. The molecular formula is C11H16N4O3. The zero-order valence-corrected chi connectivity index (χ0v) is 9.96. The van der Waals surface area contributed by atoms with Crippen molar-refractivity contribution in [1.82, 2.24) is 4.98 Å². The van der Waals surface area contributed by atoms with Crippen LogP contribution in [0.1, 0.15) is 19.3 Å². The van der Waals surface area contributed by atoms with Crippen LogP contribution in [0, 0.1) is 10.1 Å². The van der Waals surface area contributed by atoms with E-state index in [2.05, 4.69) is 10.3 Å². The summed E-state index contributed by atoms with van der Waals surface area (Å²) in [6.07, 6.45) is 3.38. The van der Waals surface area contributed by atoms with Gasteiger partial charge in [0.1, 0.15) is 11.6 Å². The number of hydrogen-bond donors (Lipinski definition) is 2. The third kappa shape index (κ3) is 3.30. The highest BCUT2D eigenvalue weighted by atomic mass is 16.6. The molecule has 0 aliphatic carbocycles. The fourth-order valence-electron chi connectivity index (χ4n) is 1.92. The van der Waals surface area contributed by atoms with Gasteiger partial charge in [0.2, 0.25) is 0 Å². The first-order valence-electron chi connectivity index (χ1n) is 5.92. The Bertz CT molecular complexity index is 432. The van der Waals surface area contributed by atoms with Crippen LogP contribution in [0.25, 0.3) is 0 Å². The number of nitrogens with one attached hydrogen (secondary N) is 1. The summed E-state index contributed by atoms with van der Waals surface area (Å²) in [6, 6.07) is 2.61. The van der Waals surface area contributed by atoms with Crippen LogP contribution < -0.4 is 11.1 Å². The Morgan fingerprint density at radius 3 is 3.06 bits per heavy atom. The van der Waals surface area contributed by atoms with Crippen LogP contribution in [0.15, 0.2) is 12.1 Å². The van der Waals surface area contributed by atoms with Crippen LogP contribution >= 0.6 is 0 Å². The highest BCUT2D eigenvalue weighted by molar-refractivity contribution is 5.52. The smallest absolute Gasteiger partial charge is 0.276 e. The van der Waals surface area contributed by atoms with Gasteiger partial charge in [0.15, 0.2) is 0 Å². The minimum absolute atomic E-state index is 0.0606. The minimum Gasteiger partial charge on any atom is -0.383 e. The van der Waals surface area contributed by atoms with E-state index in [0.717, 1.165) is 25.9 Å². The van der Waals surface area contributed by atoms with Gasteiger partial charge in [0.05, 0.1) is 23.2 Å². The molecule has 0 aromatic carbocycles. The summed E-state index contributed by atoms with van der Waals surface area (Å²) in [5, 5.41) is 13.7. The molecule has 18 heavy (non-hydrogen) atoms. The topological polar surface area (TPSA) is 103 Å². The quantitative estimate of drug-likeness (QED) is 0.622. The first-order valence-corrected chi connectivity index (χ1v) is 5.92. The fourth-order valence-corrected chi connectivity index (χ4v) is 1.92. The molecule has 2 rings (SSSR count). The number of aromatic nitrogens is 1. The molecule has 1 unspecified atom stereocenters. The van der Waals surface area contributed by atoms with Crippen molar-refractivity contribution in [3.05, 3.63) is 22.2 Å². The molecule has 1 aliphatic heterocycles. The van der Waals surface area contributed by atoms with E-state index in [-0.39, 0.29) is 17.6 Å². The molecule has 0 saturated carbocycles. The lowest BCUT2D eigenvalue weighted by molar-refractivity contribution is -0.384. The molecule has 1 aromatic rings. The number of pyridine rings is 1. The number of nitrogens with zero attached hydrogens (tertiary/aromatic N) is 2. The van der Waals surface area contributed by atoms with Gasteiger partial charge in [0, 0.05) is 13.2 Å². The highest BCUT2D eigenvalue weighted by Crippen LogP contribution is 2.19. The van der Waals surface area contributed by atoms with Crippen molar-refractivity contribution in [1.29, 1.82) is 0 Å². The largest absolute Gasteiger partial charge is 0.383 e. The maximum atomic E-state index is 10.7. The molecule has 2 heterocycles. The lowest BCUT2D eigenvalue weighted by Crippen LogP contribution is -2.27. The molecule has 0 radical (unpaired) electrons. The second-order valence-corrected chi connectivity index (χ2v) is 4.26. The zero-order valence-electron chi connectivity index (χ0n) is 9.96. The Morgan fingerprint density at radius 2 is 2.39 bits per heavy atom. The van der Waals surface area contributed by atoms with Gasteiger partial charge in [0.25, 0.3) is 5.69 Å². The van der Waals surface area contributed by atoms with Gasteiger partial charge >= 0.3 is 0 Å². The van der Waals surface area contributed by atoms with E-state index < -0.39 is 4.92 Å². The van der Waals surface area contributed by atoms with Gasteiger partial charge in [-0.15, -0.1) is 0 Å². The molecule has 0 spiro atoms. The van der Waals surface area contributed by atoms with Crippen molar-refractivity contribution in [3.8, 4) is 0 Å².